The van der Waals surface area contributed by atoms with E-state index in [-0.39, 0.29) is 6.09 Å². The summed E-state index contributed by atoms with van der Waals surface area (Å²) in [5.41, 5.74) is 2.01. The lowest BCUT2D eigenvalue weighted by Gasteiger charge is -2.46. The summed E-state index contributed by atoms with van der Waals surface area (Å²) in [6.45, 7) is 10.2. The molecule has 0 atom stereocenters. The monoisotopic (exact) mass is 408 g/mol. The van der Waals surface area contributed by atoms with Crippen LogP contribution in [0.1, 0.15) is 32.8 Å². The molecule has 0 bridgehead atoms. The maximum Gasteiger partial charge on any atom is 0.410 e. The highest BCUT2D eigenvalue weighted by atomic mass is 16.6. The van der Waals surface area contributed by atoms with Crippen LogP contribution in [0.5, 0.6) is 5.75 Å². The molecular weight excluding hydrogens is 376 g/mol. The van der Waals surface area contributed by atoms with Gasteiger partial charge in [-0.05, 0) is 68.9 Å². The highest BCUT2D eigenvalue weighted by Gasteiger charge is 2.37. The molecule has 2 aromatic rings. The van der Waals surface area contributed by atoms with E-state index in [4.69, 9.17) is 9.47 Å². The Labute approximate surface area is 179 Å². The summed E-state index contributed by atoms with van der Waals surface area (Å²) in [7, 11) is 0. The second-order valence-corrected chi connectivity index (χ2v) is 9.53. The molecule has 2 heterocycles. The Hall–Kier alpha value is -2.69. The van der Waals surface area contributed by atoms with Gasteiger partial charge >= 0.3 is 6.09 Å². The molecule has 2 aliphatic heterocycles. The Morgan fingerprint density at radius 3 is 2.20 bits per heavy atom. The van der Waals surface area contributed by atoms with E-state index in [9.17, 15) is 4.79 Å². The summed E-state index contributed by atoms with van der Waals surface area (Å²) in [5, 5.41) is 0. The number of amides is 1. The molecule has 30 heavy (non-hydrogen) atoms. The van der Waals surface area contributed by atoms with Crippen LogP contribution in [0, 0.1) is 11.8 Å². The molecule has 5 heteroatoms. The fourth-order valence-electron chi connectivity index (χ4n) is 4.09. The van der Waals surface area contributed by atoms with Crippen molar-refractivity contribution in [1.82, 2.24) is 4.90 Å². The van der Waals surface area contributed by atoms with Crippen molar-refractivity contribution in [3.8, 4) is 5.75 Å². The maximum absolute atomic E-state index is 12.0. The van der Waals surface area contributed by atoms with Crippen molar-refractivity contribution in [1.29, 1.82) is 0 Å². The van der Waals surface area contributed by atoms with Crippen LogP contribution in [0.2, 0.25) is 0 Å². The third kappa shape index (κ3) is 5.26. The van der Waals surface area contributed by atoms with Gasteiger partial charge in [0.15, 0.2) is 0 Å². The zero-order valence-electron chi connectivity index (χ0n) is 18.2. The van der Waals surface area contributed by atoms with E-state index in [2.05, 4.69) is 41.3 Å². The van der Waals surface area contributed by atoms with Gasteiger partial charge in [0.2, 0.25) is 0 Å². The number of hydrogen-bond acceptors (Lipinski definition) is 4. The first-order chi connectivity index (χ1) is 14.4. The number of ether oxygens (including phenoxy) is 2. The second kappa shape index (κ2) is 8.58. The first kappa shape index (κ1) is 20.6. The van der Waals surface area contributed by atoms with Gasteiger partial charge in [-0.15, -0.1) is 0 Å². The van der Waals surface area contributed by atoms with E-state index in [0.717, 1.165) is 31.9 Å². The molecule has 160 valence electrons. The molecule has 0 N–H and O–H groups in total. The van der Waals surface area contributed by atoms with Crippen molar-refractivity contribution >= 4 is 11.8 Å². The predicted molar refractivity (Wildman–Crippen MR) is 119 cm³/mol. The predicted octanol–water partition coefficient (Wildman–Crippen LogP) is 4.96. The highest BCUT2D eigenvalue weighted by molar-refractivity contribution is 5.69. The molecule has 0 unspecified atom stereocenters. The van der Waals surface area contributed by atoms with Crippen molar-refractivity contribution in [2.24, 2.45) is 11.8 Å². The van der Waals surface area contributed by atoms with Gasteiger partial charge in [-0.25, -0.2) is 4.79 Å². The molecule has 0 radical (unpaired) electrons. The van der Waals surface area contributed by atoms with Crippen molar-refractivity contribution in [2.75, 3.05) is 31.1 Å². The average Bonchev–Trinajstić information content (AvgIpc) is 2.64. The van der Waals surface area contributed by atoms with E-state index in [1.165, 1.54) is 17.7 Å². The SMILES string of the molecule is CC(C)(C)OC(=O)N1CC(CC2CN(c3ccc(OCc4ccccc4)cc3)C2)C1. The lowest BCUT2D eigenvalue weighted by Crippen LogP contribution is -2.55. The fourth-order valence-corrected chi connectivity index (χ4v) is 4.09. The maximum atomic E-state index is 12.0. The zero-order valence-corrected chi connectivity index (χ0v) is 18.2. The Morgan fingerprint density at radius 1 is 0.933 bits per heavy atom. The van der Waals surface area contributed by atoms with Crippen molar-refractivity contribution in [3.63, 3.8) is 0 Å². The summed E-state index contributed by atoms with van der Waals surface area (Å²) < 4.78 is 11.3. The number of carbonyl (C=O) groups excluding carboxylic acids is 1. The minimum Gasteiger partial charge on any atom is -0.489 e. The van der Waals surface area contributed by atoms with Gasteiger partial charge in [0.1, 0.15) is 18.0 Å². The lowest BCUT2D eigenvalue weighted by atomic mass is 9.84. The fraction of sp³-hybridized carbons (Fsp3) is 0.480. The van der Waals surface area contributed by atoms with E-state index < -0.39 is 5.60 Å². The number of hydrogen-bond donors (Lipinski definition) is 0. The molecule has 4 rings (SSSR count). The molecule has 5 nitrogen and oxygen atoms in total. The van der Waals surface area contributed by atoms with Crippen LogP contribution in [0.25, 0.3) is 0 Å². The van der Waals surface area contributed by atoms with Crippen LogP contribution in [-0.4, -0.2) is 42.8 Å². The van der Waals surface area contributed by atoms with Gasteiger partial charge in [0, 0.05) is 31.9 Å². The standard InChI is InChI=1S/C25H32N2O3/c1-25(2,3)30-24(28)27-16-21(17-27)13-20-14-26(15-20)22-9-11-23(12-10-22)29-18-19-7-5-4-6-8-19/h4-12,20-21H,13-18H2,1-3H3. The lowest BCUT2D eigenvalue weighted by molar-refractivity contribution is -0.00509. The van der Waals surface area contributed by atoms with Crippen molar-refractivity contribution in [3.05, 3.63) is 60.2 Å². The van der Waals surface area contributed by atoms with Gasteiger partial charge in [0.25, 0.3) is 0 Å². The number of anilines is 1. The first-order valence-electron chi connectivity index (χ1n) is 10.9. The van der Waals surface area contributed by atoms with Crippen molar-refractivity contribution < 1.29 is 14.3 Å². The van der Waals surface area contributed by atoms with E-state index in [1.807, 2.05) is 43.9 Å². The van der Waals surface area contributed by atoms with Crippen LogP contribution in [0.4, 0.5) is 10.5 Å². The molecular formula is C25H32N2O3. The van der Waals surface area contributed by atoms with E-state index in [1.54, 1.807) is 0 Å². The Balaban J connectivity index is 1.15. The summed E-state index contributed by atoms with van der Waals surface area (Å²) in [5.74, 6) is 2.22. The molecule has 2 aliphatic rings. The van der Waals surface area contributed by atoms with Gasteiger partial charge in [-0.1, -0.05) is 30.3 Å². The number of benzene rings is 2. The van der Waals surface area contributed by atoms with Gasteiger partial charge in [-0.3, -0.25) is 0 Å². The first-order valence-corrected chi connectivity index (χ1v) is 10.9. The van der Waals surface area contributed by atoms with E-state index >= 15 is 0 Å². The molecule has 0 spiro atoms. The summed E-state index contributed by atoms with van der Waals surface area (Å²) in [6, 6.07) is 18.6. The highest BCUT2D eigenvalue weighted by Crippen LogP contribution is 2.33. The van der Waals surface area contributed by atoms with Crippen LogP contribution < -0.4 is 9.64 Å². The molecule has 0 saturated carbocycles. The van der Waals surface area contributed by atoms with Crippen LogP contribution >= 0.6 is 0 Å². The molecule has 2 aromatic carbocycles. The quantitative estimate of drug-likeness (QED) is 0.678. The molecule has 2 fully saturated rings. The summed E-state index contributed by atoms with van der Waals surface area (Å²) in [6.07, 6.45) is 1.01. The number of carbonyl (C=O) groups is 1. The Bertz CT molecular complexity index is 833. The summed E-state index contributed by atoms with van der Waals surface area (Å²) >= 11 is 0. The van der Waals surface area contributed by atoms with Gasteiger partial charge in [0.05, 0.1) is 0 Å². The zero-order chi connectivity index (χ0) is 21.1. The summed E-state index contributed by atoms with van der Waals surface area (Å²) in [4.78, 5) is 16.3. The molecule has 0 aromatic heterocycles. The minimum absolute atomic E-state index is 0.177. The molecule has 0 aliphatic carbocycles. The van der Waals surface area contributed by atoms with Crippen LogP contribution in [0.3, 0.4) is 0 Å². The molecule has 1 amide bonds. The van der Waals surface area contributed by atoms with Crippen LogP contribution in [-0.2, 0) is 11.3 Å². The number of rotatable bonds is 6. The molecule has 2 saturated heterocycles. The van der Waals surface area contributed by atoms with E-state index in [0.29, 0.717) is 18.4 Å². The number of likely N-dealkylation sites (tertiary alicyclic amines) is 1. The van der Waals surface area contributed by atoms with Gasteiger partial charge < -0.3 is 19.3 Å². The smallest absolute Gasteiger partial charge is 0.410 e. The van der Waals surface area contributed by atoms with Crippen LogP contribution in [0.15, 0.2) is 54.6 Å². The Kier molecular flexibility index (Phi) is 5.89. The second-order valence-electron chi connectivity index (χ2n) is 9.53. The number of nitrogens with zero attached hydrogens (tertiary/aromatic N) is 2. The third-order valence-corrected chi connectivity index (χ3v) is 5.68. The topological polar surface area (TPSA) is 42.0 Å². The normalized spacial score (nSPS) is 17.3. The third-order valence-electron chi connectivity index (χ3n) is 5.68. The largest absolute Gasteiger partial charge is 0.489 e. The minimum atomic E-state index is -0.418. The average molecular weight is 409 g/mol. The Morgan fingerprint density at radius 2 is 1.57 bits per heavy atom. The van der Waals surface area contributed by atoms with Crippen molar-refractivity contribution in [2.45, 2.75) is 39.4 Å². The van der Waals surface area contributed by atoms with Gasteiger partial charge in [-0.2, -0.15) is 0 Å².